The molecule has 28 heavy (non-hydrogen) atoms. The van der Waals surface area contributed by atoms with Crippen LogP contribution in [0.2, 0.25) is 0 Å². The Morgan fingerprint density at radius 3 is 2.50 bits per heavy atom. The molecule has 0 aliphatic rings. The van der Waals surface area contributed by atoms with Gasteiger partial charge in [0.25, 0.3) is 0 Å². The molecular formula is C18H13BrF4N4S. The van der Waals surface area contributed by atoms with Gasteiger partial charge in [-0.15, -0.1) is 0 Å². The predicted molar refractivity (Wildman–Crippen MR) is 107 cm³/mol. The number of thiocarbonyl (C=S) groups is 1. The van der Waals surface area contributed by atoms with Gasteiger partial charge in [-0.25, -0.2) is 4.39 Å². The van der Waals surface area contributed by atoms with Gasteiger partial charge in [0.2, 0.25) is 0 Å². The summed E-state index contributed by atoms with van der Waals surface area (Å²) >= 11 is 8.50. The normalized spacial score (nSPS) is 11.3. The first-order valence-corrected chi connectivity index (χ1v) is 9.13. The molecule has 0 bridgehead atoms. The molecule has 0 radical (unpaired) electrons. The smallest absolute Gasteiger partial charge is 0.332 e. The van der Waals surface area contributed by atoms with Crippen LogP contribution in [0.4, 0.5) is 29.1 Å². The second-order valence-corrected chi connectivity index (χ2v) is 7.07. The molecule has 3 aromatic rings. The molecule has 10 heteroatoms. The Morgan fingerprint density at radius 1 is 1.11 bits per heavy atom. The van der Waals surface area contributed by atoms with E-state index in [1.807, 2.05) is 0 Å². The monoisotopic (exact) mass is 472 g/mol. The summed E-state index contributed by atoms with van der Waals surface area (Å²) in [4.78, 5) is 0. The second kappa shape index (κ2) is 8.27. The molecule has 1 aromatic heterocycles. The fourth-order valence-electron chi connectivity index (χ4n) is 2.38. The van der Waals surface area contributed by atoms with Gasteiger partial charge in [0.05, 0.1) is 16.6 Å². The summed E-state index contributed by atoms with van der Waals surface area (Å²) in [5.41, 5.74) is 0.284. The Hall–Kier alpha value is -2.46. The molecule has 4 nitrogen and oxygen atoms in total. The van der Waals surface area contributed by atoms with E-state index in [1.165, 1.54) is 24.3 Å². The van der Waals surface area contributed by atoms with Gasteiger partial charge >= 0.3 is 6.18 Å². The fraction of sp³-hybridized carbons (Fsp3) is 0.111. The zero-order valence-electron chi connectivity index (χ0n) is 14.1. The Kier molecular flexibility index (Phi) is 5.99. The van der Waals surface area contributed by atoms with Crippen molar-refractivity contribution in [1.82, 2.24) is 9.78 Å². The van der Waals surface area contributed by atoms with E-state index >= 15 is 0 Å². The van der Waals surface area contributed by atoms with Crippen LogP contribution in [-0.4, -0.2) is 14.9 Å². The van der Waals surface area contributed by atoms with Crippen LogP contribution in [-0.2, 0) is 12.7 Å². The van der Waals surface area contributed by atoms with E-state index in [0.717, 1.165) is 17.7 Å². The Bertz CT molecular complexity index is 986. The lowest BCUT2D eigenvalue weighted by atomic mass is 10.2. The number of aromatic nitrogens is 2. The highest BCUT2D eigenvalue weighted by atomic mass is 79.9. The zero-order valence-corrected chi connectivity index (χ0v) is 16.5. The van der Waals surface area contributed by atoms with Crippen molar-refractivity contribution in [1.29, 1.82) is 0 Å². The number of nitrogens with zero attached hydrogens (tertiary/aromatic N) is 2. The molecule has 0 saturated carbocycles. The first-order valence-electron chi connectivity index (χ1n) is 7.93. The van der Waals surface area contributed by atoms with E-state index in [2.05, 4.69) is 31.7 Å². The van der Waals surface area contributed by atoms with Crippen LogP contribution >= 0.6 is 28.1 Å². The average Bonchev–Trinajstić information content (AvgIpc) is 2.95. The number of hydrogen-bond acceptors (Lipinski definition) is 2. The largest absolute Gasteiger partial charge is 0.416 e. The molecule has 2 aromatic carbocycles. The van der Waals surface area contributed by atoms with Crippen LogP contribution in [0.25, 0.3) is 0 Å². The number of anilines is 2. The van der Waals surface area contributed by atoms with Gasteiger partial charge in [-0.1, -0.05) is 18.2 Å². The highest BCUT2D eigenvalue weighted by Crippen LogP contribution is 2.30. The van der Waals surface area contributed by atoms with Crippen molar-refractivity contribution in [3.8, 4) is 0 Å². The number of alkyl halides is 3. The third kappa shape index (κ3) is 5.29. The zero-order chi connectivity index (χ0) is 20.3. The quantitative estimate of drug-likeness (QED) is 0.379. The van der Waals surface area contributed by atoms with E-state index in [0.29, 0.717) is 16.8 Å². The van der Waals surface area contributed by atoms with Gasteiger partial charge in [0.1, 0.15) is 5.82 Å². The Morgan fingerprint density at radius 2 is 1.82 bits per heavy atom. The average molecular weight is 473 g/mol. The number of rotatable bonds is 4. The van der Waals surface area contributed by atoms with Crippen LogP contribution in [0.3, 0.4) is 0 Å². The summed E-state index contributed by atoms with van der Waals surface area (Å²) in [7, 11) is 0. The van der Waals surface area contributed by atoms with E-state index in [1.54, 1.807) is 23.0 Å². The Balaban J connectivity index is 1.66. The summed E-state index contributed by atoms with van der Waals surface area (Å²) < 4.78 is 53.6. The predicted octanol–water partition coefficient (Wildman–Crippen LogP) is 5.66. The van der Waals surface area contributed by atoms with E-state index in [-0.39, 0.29) is 16.6 Å². The topological polar surface area (TPSA) is 41.9 Å². The van der Waals surface area contributed by atoms with Crippen LogP contribution in [0.5, 0.6) is 0 Å². The van der Waals surface area contributed by atoms with Gasteiger partial charge in [-0.05, 0) is 64.0 Å². The maximum absolute atomic E-state index is 13.0. The maximum atomic E-state index is 13.0. The number of halogens is 5. The Labute approximate surface area is 171 Å². The molecule has 2 N–H and O–H groups in total. The van der Waals surface area contributed by atoms with Crippen molar-refractivity contribution in [2.24, 2.45) is 0 Å². The number of benzene rings is 2. The summed E-state index contributed by atoms with van der Waals surface area (Å²) in [5.74, 6) is 0.0744. The van der Waals surface area contributed by atoms with Crippen molar-refractivity contribution in [2.45, 2.75) is 12.7 Å². The van der Waals surface area contributed by atoms with Gasteiger partial charge in [0, 0.05) is 11.9 Å². The molecule has 0 amide bonds. The lowest BCUT2D eigenvalue weighted by Crippen LogP contribution is -2.20. The van der Waals surface area contributed by atoms with E-state index in [4.69, 9.17) is 12.2 Å². The molecule has 0 spiro atoms. The third-order valence-electron chi connectivity index (χ3n) is 3.65. The van der Waals surface area contributed by atoms with Crippen molar-refractivity contribution in [3.05, 3.63) is 76.1 Å². The van der Waals surface area contributed by atoms with Gasteiger partial charge in [-0.2, -0.15) is 18.3 Å². The fourth-order valence-corrected chi connectivity index (χ4v) is 3.01. The van der Waals surface area contributed by atoms with Crippen molar-refractivity contribution in [3.63, 3.8) is 0 Å². The van der Waals surface area contributed by atoms with Crippen LogP contribution in [0.15, 0.2) is 59.2 Å². The van der Waals surface area contributed by atoms with Gasteiger partial charge < -0.3 is 10.6 Å². The van der Waals surface area contributed by atoms with E-state index in [9.17, 15) is 17.6 Å². The molecular weight excluding hydrogens is 460 g/mol. The molecule has 0 atom stereocenters. The second-order valence-electron chi connectivity index (χ2n) is 5.81. The highest BCUT2D eigenvalue weighted by molar-refractivity contribution is 9.10. The number of nitrogens with one attached hydrogen (secondary N) is 2. The molecule has 0 aliphatic carbocycles. The molecule has 0 fully saturated rings. The molecule has 0 aliphatic heterocycles. The third-order valence-corrected chi connectivity index (χ3v) is 4.44. The summed E-state index contributed by atoms with van der Waals surface area (Å²) in [6.45, 7) is 0.411. The van der Waals surface area contributed by atoms with Crippen LogP contribution in [0.1, 0.15) is 11.1 Å². The standard InChI is InChI=1S/C18H13BrF4N4S/c19-15-10-27(9-11-4-6-13(20)7-5-11)26-16(15)25-17(28)24-14-3-1-2-12(8-14)18(21,22)23/h1-8,10H,9H2,(H2,24,25,26,28). The van der Waals surface area contributed by atoms with Crippen molar-refractivity contribution >= 4 is 44.8 Å². The lowest BCUT2D eigenvalue weighted by molar-refractivity contribution is -0.137. The molecule has 0 saturated heterocycles. The lowest BCUT2D eigenvalue weighted by Gasteiger charge is -2.12. The summed E-state index contributed by atoms with van der Waals surface area (Å²) in [6.07, 6.45) is -2.73. The molecule has 1 heterocycles. The SMILES string of the molecule is Fc1ccc(Cn2cc(Br)c(NC(=S)Nc3cccc(C(F)(F)F)c3)n2)cc1. The molecule has 3 rings (SSSR count). The van der Waals surface area contributed by atoms with Crippen molar-refractivity contribution in [2.75, 3.05) is 10.6 Å². The molecule has 146 valence electrons. The minimum absolute atomic E-state index is 0.0899. The number of hydrogen-bond donors (Lipinski definition) is 2. The van der Waals surface area contributed by atoms with Crippen LogP contribution in [0, 0.1) is 5.82 Å². The van der Waals surface area contributed by atoms with Gasteiger partial charge in [-0.3, -0.25) is 4.68 Å². The minimum Gasteiger partial charge on any atom is -0.332 e. The van der Waals surface area contributed by atoms with Gasteiger partial charge in [0.15, 0.2) is 10.9 Å². The summed E-state index contributed by atoms with van der Waals surface area (Å²) in [6, 6.07) is 10.7. The van der Waals surface area contributed by atoms with E-state index < -0.39 is 11.7 Å². The molecule has 0 unspecified atom stereocenters. The minimum atomic E-state index is -4.44. The first-order chi connectivity index (χ1) is 13.2. The van der Waals surface area contributed by atoms with Crippen LogP contribution < -0.4 is 10.6 Å². The summed E-state index contributed by atoms with van der Waals surface area (Å²) in [5, 5.41) is 9.95. The highest BCUT2D eigenvalue weighted by Gasteiger charge is 2.30. The maximum Gasteiger partial charge on any atom is 0.416 e. The first kappa shape index (κ1) is 20.3. The van der Waals surface area contributed by atoms with Crippen molar-refractivity contribution < 1.29 is 17.6 Å².